The van der Waals surface area contributed by atoms with E-state index in [4.69, 9.17) is 39.5 Å². The predicted octanol–water partition coefficient (Wildman–Crippen LogP) is 3.80. The van der Waals surface area contributed by atoms with Gasteiger partial charge in [-0.2, -0.15) is 9.97 Å². The Balaban J connectivity index is 1.86. The van der Waals surface area contributed by atoms with E-state index in [9.17, 15) is 0 Å². The Kier molecular flexibility index (Phi) is 6.63. The van der Waals surface area contributed by atoms with E-state index >= 15 is 0 Å². The maximum absolute atomic E-state index is 6.04. The van der Waals surface area contributed by atoms with Gasteiger partial charge < -0.3 is 15.0 Å². The Hall–Kier alpha value is -1.34. The number of ether oxygens (including phenoxy) is 1. The highest BCUT2D eigenvalue weighted by Gasteiger charge is 2.29. The van der Waals surface area contributed by atoms with Gasteiger partial charge in [-0.25, -0.2) is 4.98 Å². The molecule has 0 radical (unpaired) electrons. The van der Waals surface area contributed by atoms with Gasteiger partial charge in [0, 0.05) is 18.0 Å². The zero-order valence-electron chi connectivity index (χ0n) is 15.3. The van der Waals surface area contributed by atoms with Crippen molar-refractivity contribution in [3.63, 3.8) is 0 Å². The van der Waals surface area contributed by atoms with Gasteiger partial charge in [-0.15, -0.1) is 0 Å². The number of hydrogen-bond donors (Lipinski definition) is 1. The minimum Gasteiger partial charge on any atom is -0.496 e. The molecule has 0 saturated carbocycles. The third-order valence-corrected chi connectivity index (χ3v) is 5.04. The molecule has 3 rings (SSSR count). The smallest absolute Gasteiger partial charge is 0.250 e. The minimum absolute atomic E-state index is 0.114. The second kappa shape index (κ2) is 8.78. The molecule has 27 heavy (non-hydrogen) atoms. The van der Waals surface area contributed by atoms with Crippen LogP contribution in [0.25, 0.3) is 0 Å². The molecule has 1 saturated heterocycles. The average molecular weight is 431 g/mol. The van der Waals surface area contributed by atoms with Crippen molar-refractivity contribution in [1.29, 1.82) is 0 Å². The van der Waals surface area contributed by atoms with Crippen LogP contribution >= 0.6 is 34.8 Å². The summed E-state index contributed by atoms with van der Waals surface area (Å²) in [7, 11) is 3.75. The fourth-order valence-corrected chi connectivity index (χ4v) is 3.30. The maximum Gasteiger partial charge on any atom is 0.250 e. The second-order valence-corrected chi connectivity index (χ2v) is 8.89. The summed E-state index contributed by atoms with van der Waals surface area (Å²) >= 11 is 18.1. The Morgan fingerprint density at radius 3 is 2.52 bits per heavy atom. The number of hydrogen-bond acceptors (Lipinski definition) is 6. The lowest BCUT2D eigenvalue weighted by atomic mass is 10.1. The Labute approximate surface area is 174 Å². The molecule has 1 N–H and O–H groups in total. The summed E-state index contributed by atoms with van der Waals surface area (Å²) in [5.74, 6) is 1.83. The molecule has 0 unspecified atom stereocenters. The van der Waals surface area contributed by atoms with Crippen LogP contribution in [-0.2, 0) is 10.2 Å². The van der Waals surface area contributed by atoms with Crippen LogP contribution in [0.15, 0.2) is 24.3 Å². The van der Waals surface area contributed by atoms with Gasteiger partial charge in [0.05, 0.1) is 7.11 Å². The molecule has 0 amide bonds. The van der Waals surface area contributed by atoms with Gasteiger partial charge in [0.25, 0.3) is 0 Å². The van der Waals surface area contributed by atoms with Gasteiger partial charge in [-0.3, -0.25) is 0 Å². The number of anilines is 1. The Morgan fingerprint density at radius 1 is 1.15 bits per heavy atom. The third kappa shape index (κ3) is 5.57. The van der Waals surface area contributed by atoms with Crippen LogP contribution in [0.2, 0.25) is 0 Å². The average Bonchev–Trinajstić information content (AvgIpc) is 2.63. The third-order valence-electron chi connectivity index (χ3n) is 4.53. The predicted molar refractivity (Wildman–Crippen MR) is 109 cm³/mol. The number of nitrogens with one attached hydrogen (secondary N) is 1. The number of aromatic nitrogens is 3. The van der Waals surface area contributed by atoms with E-state index in [1.807, 2.05) is 24.3 Å². The van der Waals surface area contributed by atoms with Gasteiger partial charge in [0.15, 0.2) is 5.82 Å². The SMILES string of the molecule is COc1ccccc1Cc1nc(NC2CCN(C)CC2)nc(C(Cl)(Cl)Cl)n1. The van der Waals surface area contributed by atoms with Crippen LogP contribution in [-0.4, -0.2) is 53.1 Å². The monoisotopic (exact) mass is 429 g/mol. The molecule has 0 spiro atoms. The molecule has 1 fully saturated rings. The summed E-state index contributed by atoms with van der Waals surface area (Å²) in [5.41, 5.74) is 0.951. The lowest BCUT2D eigenvalue weighted by molar-refractivity contribution is 0.263. The highest BCUT2D eigenvalue weighted by Crippen LogP contribution is 2.36. The summed E-state index contributed by atoms with van der Waals surface area (Å²) < 4.78 is 3.69. The van der Waals surface area contributed by atoms with Crippen molar-refractivity contribution in [2.24, 2.45) is 0 Å². The van der Waals surface area contributed by atoms with E-state index in [0.29, 0.717) is 18.2 Å². The Bertz CT molecular complexity index is 776. The van der Waals surface area contributed by atoms with Crippen molar-refractivity contribution in [2.45, 2.75) is 29.1 Å². The number of piperidine rings is 1. The summed E-state index contributed by atoms with van der Waals surface area (Å²) in [5, 5.41) is 3.37. The van der Waals surface area contributed by atoms with Gasteiger partial charge in [0.1, 0.15) is 11.6 Å². The molecule has 9 heteroatoms. The van der Waals surface area contributed by atoms with Crippen molar-refractivity contribution in [1.82, 2.24) is 19.9 Å². The molecular weight excluding hydrogens is 409 g/mol. The molecule has 0 atom stereocenters. The number of benzene rings is 1. The number of methoxy groups -OCH3 is 1. The van der Waals surface area contributed by atoms with E-state index in [0.717, 1.165) is 37.2 Å². The fourth-order valence-electron chi connectivity index (χ4n) is 3.05. The van der Waals surface area contributed by atoms with Gasteiger partial charge in [0.2, 0.25) is 9.74 Å². The number of nitrogens with zero attached hydrogens (tertiary/aromatic N) is 4. The number of halogens is 3. The quantitative estimate of drug-likeness (QED) is 0.728. The van der Waals surface area contributed by atoms with Crippen molar-refractivity contribution < 1.29 is 4.74 Å². The largest absolute Gasteiger partial charge is 0.496 e. The first kappa shape index (κ1) is 20.4. The lowest BCUT2D eigenvalue weighted by Crippen LogP contribution is -2.37. The molecule has 1 aromatic carbocycles. The standard InChI is InChI=1S/C18H22Cl3N5O/c1-26-9-7-13(8-10-26)22-17-24-15(23-16(25-17)18(19,20)21)11-12-5-3-4-6-14(12)27-2/h3-6,13H,7-11H2,1-2H3,(H,22,23,24,25). The highest BCUT2D eigenvalue weighted by molar-refractivity contribution is 6.66. The molecule has 6 nitrogen and oxygen atoms in total. The van der Waals surface area contributed by atoms with Gasteiger partial charge in [-0.1, -0.05) is 53.0 Å². The fraction of sp³-hybridized carbons (Fsp3) is 0.500. The molecule has 0 bridgehead atoms. The molecule has 0 aliphatic carbocycles. The number of alkyl halides is 3. The zero-order valence-corrected chi connectivity index (χ0v) is 17.5. The topological polar surface area (TPSA) is 63.2 Å². The van der Waals surface area contributed by atoms with E-state index in [1.165, 1.54) is 0 Å². The van der Waals surface area contributed by atoms with E-state index in [-0.39, 0.29) is 11.9 Å². The van der Waals surface area contributed by atoms with Crippen LogP contribution in [0.5, 0.6) is 5.75 Å². The maximum atomic E-state index is 6.04. The van der Waals surface area contributed by atoms with Crippen molar-refractivity contribution in [3.8, 4) is 5.75 Å². The number of rotatable bonds is 5. The Morgan fingerprint density at radius 2 is 1.85 bits per heavy atom. The normalized spacial score (nSPS) is 16.3. The van der Waals surface area contributed by atoms with E-state index < -0.39 is 3.79 Å². The lowest BCUT2D eigenvalue weighted by Gasteiger charge is -2.29. The zero-order chi connectivity index (χ0) is 19.4. The number of para-hydroxylation sites is 1. The second-order valence-electron chi connectivity index (χ2n) is 6.61. The minimum atomic E-state index is -1.72. The van der Waals surface area contributed by atoms with Crippen LogP contribution in [0.1, 0.15) is 30.1 Å². The number of likely N-dealkylation sites (tertiary alicyclic amines) is 1. The van der Waals surface area contributed by atoms with E-state index in [1.54, 1.807) is 7.11 Å². The molecule has 1 aromatic heterocycles. The van der Waals surface area contributed by atoms with Crippen LogP contribution < -0.4 is 10.1 Å². The van der Waals surface area contributed by atoms with Crippen LogP contribution in [0, 0.1) is 0 Å². The van der Waals surface area contributed by atoms with Gasteiger partial charge >= 0.3 is 0 Å². The van der Waals surface area contributed by atoms with Crippen molar-refractivity contribution in [2.75, 3.05) is 32.6 Å². The van der Waals surface area contributed by atoms with Gasteiger partial charge in [-0.05, 0) is 39.0 Å². The summed E-state index contributed by atoms with van der Waals surface area (Å²) in [6.45, 7) is 2.04. The molecule has 146 valence electrons. The highest BCUT2D eigenvalue weighted by atomic mass is 35.6. The molecule has 1 aliphatic heterocycles. The van der Waals surface area contributed by atoms with Crippen molar-refractivity contribution >= 4 is 40.8 Å². The summed E-state index contributed by atoms with van der Waals surface area (Å²) in [6.07, 6.45) is 2.46. The van der Waals surface area contributed by atoms with Crippen molar-refractivity contribution in [3.05, 3.63) is 41.5 Å². The first-order valence-corrected chi connectivity index (χ1v) is 9.87. The van der Waals surface area contributed by atoms with E-state index in [2.05, 4.69) is 32.2 Å². The first-order valence-electron chi connectivity index (χ1n) is 8.74. The molecular formula is C18H22Cl3N5O. The molecule has 2 heterocycles. The summed E-state index contributed by atoms with van der Waals surface area (Å²) in [4.78, 5) is 15.5. The first-order chi connectivity index (χ1) is 12.8. The van der Waals surface area contributed by atoms with Crippen LogP contribution in [0.3, 0.4) is 0 Å². The van der Waals surface area contributed by atoms with Crippen LogP contribution in [0.4, 0.5) is 5.95 Å². The molecule has 2 aromatic rings. The summed E-state index contributed by atoms with van der Waals surface area (Å²) in [6, 6.07) is 7.99. The molecule has 1 aliphatic rings.